The molecule has 92 valence electrons. The zero-order valence-electron chi connectivity index (χ0n) is 10.1. The number of hydrogen-bond acceptors (Lipinski definition) is 3. The maximum absolute atomic E-state index is 10.1. The van der Waals surface area contributed by atoms with Crippen molar-refractivity contribution in [1.82, 2.24) is 5.32 Å². The van der Waals surface area contributed by atoms with Crippen LogP contribution in [-0.4, -0.2) is 17.3 Å². The van der Waals surface area contributed by atoms with Crippen molar-refractivity contribution in [3.8, 4) is 0 Å². The molecule has 0 radical (unpaired) electrons. The van der Waals surface area contributed by atoms with Crippen molar-refractivity contribution in [2.45, 2.75) is 39.3 Å². The van der Waals surface area contributed by atoms with Crippen molar-refractivity contribution < 1.29 is 5.11 Å². The van der Waals surface area contributed by atoms with Crippen molar-refractivity contribution in [3.05, 3.63) is 21.3 Å². The van der Waals surface area contributed by atoms with Gasteiger partial charge in [-0.2, -0.15) is 0 Å². The second-order valence-electron chi connectivity index (χ2n) is 4.90. The van der Waals surface area contributed by atoms with Crippen molar-refractivity contribution in [1.29, 1.82) is 0 Å². The molecule has 0 bridgehead atoms. The number of aliphatic hydroxyl groups is 1. The molecule has 0 aliphatic rings. The molecule has 1 atom stereocenters. The molecule has 0 spiro atoms. The van der Waals surface area contributed by atoms with Crippen LogP contribution in [0.1, 0.15) is 32.1 Å². The van der Waals surface area contributed by atoms with Gasteiger partial charge in [0.1, 0.15) is 0 Å². The minimum absolute atomic E-state index is 0.507. The van der Waals surface area contributed by atoms with Gasteiger partial charge in [0, 0.05) is 18.0 Å². The number of nitrogens with one attached hydrogen (secondary N) is 1. The Bertz CT molecular complexity index is 323. The predicted octanol–water partition coefficient (Wildman–Crippen LogP) is 3.29. The number of halogens is 1. The smallest absolute Gasteiger partial charge is 0.0931 e. The maximum atomic E-state index is 10.1. The Morgan fingerprint density at radius 2 is 2.19 bits per heavy atom. The highest BCUT2D eigenvalue weighted by atomic mass is 35.5. The molecule has 0 aromatic carbocycles. The Balaban J connectivity index is 2.29. The van der Waals surface area contributed by atoms with E-state index in [1.165, 1.54) is 4.88 Å². The van der Waals surface area contributed by atoms with Crippen molar-refractivity contribution in [3.63, 3.8) is 0 Å². The van der Waals surface area contributed by atoms with Gasteiger partial charge in [-0.1, -0.05) is 25.4 Å². The summed E-state index contributed by atoms with van der Waals surface area (Å²) in [5, 5.41) is 13.3. The van der Waals surface area contributed by atoms with Gasteiger partial charge < -0.3 is 10.4 Å². The predicted molar refractivity (Wildman–Crippen MR) is 71.1 cm³/mol. The first kappa shape index (κ1) is 14.0. The van der Waals surface area contributed by atoms with Gasteiger partial charge in [-0.15, -0.1) is 11.3 Å². The summed E-state index contributed by atoms with van der Waals surface area (Å²) in [6.07, 6.45) is 0.811. The lowest BCUT2D eigenvalue weighted by molar-refractivity contribution is 0.0384. The van der Waals surface area contributed by atoms with Crippen molar-refractivity contribution >= 4 is 22.9 Å². The van der Waals surface area contributed by atoms with E-state index in [9.17, 15) is 5.11 Å². The Hall–Kier alpha value is -0.0900. The zero-order valence-corrected chi connectivity index (χ0v) is 11.7. The molecule has 0 saturated heterocycles. The monoisotopic (exact) mass is 261 g/mol. The van der Waals surface area contributed by atoms with Crippen LogP contribution in [0.5, 0.6) is 0 Å². The molecule has 4 heteroatoms. The lowest BCUT2D eigenvalue weighted by Crippen LogP contribution is -2.38. The Morgan fingerprint density at radius 1 is 1.50 bits per heavy atom. The molecule has 1 unspecified atom stereocenters. The molecule has 1 heterocycles. The topological polar surface area (TPSA) is 32.3 Å². The molecule has 0 saturated carbocycles. The average molecular weight is 262 g/mol. The second kappa shape index (κ2) is 6.01. The summed E-state index contributed by atoms with van der Waals surface area (Å²) >= 11 is 7.41. The number of rotatable bonds is 6. The van der Waals surface area contributed by atoms with E-state index in [-0.39, 0.29) is 0 Å². The van der Waals surface area contributed by atoms with E-state index < -0.39 is 5.60 Å². The fourth-order valence-corrected chi connectivity index (χ4v) is 2.91. The summed E-state index contributed by atoms with van der Waals surface area (Å²) in [6.45, 7) is 7.49. The molecule has 2 nitrogen and oxygen atoms in total. The van der Waals surface area contributed by atoms with E-state index in [1.807, 2.05) is 19.1 Å². The summed E-state index contributed by atoms with van der Waals surface area (Å²) in [7, 11) is 0. The fourth-order valence-electron chi connectivity index (χ4n) is 1.85. The highest BCUT2D eigenvalue weighted by molar-refractivity contribution is 7.16. The third-order valence-electron chi connectivity index (χ3n) is 2.28. The molecule has 1 aromatic heterocycles. The lowest BCUT2D eigenvalue weighted by atomic mass is 9.94. The standard InChI is InChI=1S/C12H20ClNOS/c1-9(2)6-12(3,15)8-14-7-10-4-5-11(13)16-10/h4-5,9,14-15H,6-8H2,1-3H3. The molecule has 0 fully saturated rings. The molecule has 16 heavy (non-hydrogen) atoms. The van der Waals surface area contributed by atoms with Gasteiger partial charge in [-0.25, -0.2) is 0 Å². The van der Waals surface area contributed by atoms with Gasteiger partial charge >= 0.3 is 0 Å². The molecular weight excluding hydrogens is 242 g/mol. The third-order valence-corrected chi connectivity index (χ3v) is 3.51. The van der Waals surface area contributed by atoms with Crippen LogP contribution in [0.4, 0.5) is 0 Å². The first-order valence-electron chi connectivity index (χ1n) is 5.56. The maximum Gasteiger partial charge on any atom is 0.0931 e. The summed E-state index contributed by atoms with van der Waals surface area (Å²) < 4.78 is 0.811. The van der Waals surface area contributed by atoms with Crippen LogP contribution >= 0.6 is 22.9 Å². The van der Waals surface area contributed by atoms with E-state index in [1.54, 1.807) is 11.3 Å². The first-order chi connectivity index (χ1) is 7.39. The van der Waals surface area contributed by atoms with Crippen molar-refractivity contribution in [2.24, 2.45) is 5.92 Å². The quantitative estimate of drug-likeness (QED) is 0.824. The largest absolute Gasteiger partial charge is 0.389 e. The molecule has 0 amide bonds. The van der Waals surface area contributed by atoms with Gasteiger partial charge in [0.05, 0.1) is 9.94 Å². The van der Waals surface area contributed by atoms with E-state index in [0.29, 0.717) is 12.5 Å². The molecule has 0 aliphatic carbocycles. The van der Waals surface area contributed by atoms with Crippen LogP contribution in [0.25, 0.3) is 0 Å². The van der Waals surface area contributed by atoms with Crippen molar-refractivity contribution in [2.75, 3.05) is 6.54 Å². The molecule has 1 rings (SSSR count). The Labute approximate surface area is 107 Å². The normalized spacial score (nSPS) is 15.4. The molecule has 0 aliphatic heterocycles. The highest BCUT2D eigenvalue weighted by Crippen LogP contribution is 2.21. The second-order valence-corrected chi connectivity index (χ2v) is 6.70. The van der Waals surface area contributed by atoms with E-state index in [4.69, 9.17) is 11.6 Å². The summed E-state index contributed by atoms with van der Waals surface area (Å²) in [4.78, 5) is 1.20. The SMILES string of the molecule is CC(C)CC(C)(O)CNCc1ccc(Cl)s1. The van der Waals surface area contributed by atoms with Crippen LogP contribution in [-0.2, 0) is 6.54 Å². The third kappa shape index (κ3) is 5.30. The highest BCUT2D eigenvalue weighted by Gasteiger charge is 2.21. The van der Waals surface area contributed by atoms with Gasteiger partial charge in [0.15, 0.2) is 0 Å². The number of hydrogen-bond donors (Lipinski definition) is 2. The first-order valence-corrected chi connectivity index (χ1v) is 6.76. The minimum atomic E-state index is -0.630. The van der Waals surface area contributed by atoms with Gasteiger partial charge in [-0.3, -0.25) is 0 Å². The Morgan fingerprint density at radius 3 is 2.69 bits per heavy atom. The average Bonchev–Trinajstić information content (AvgIpc) is 2.48. The molecule has 2 N–H and O–H groups in total. The summed E-state index contributed by atoms with van der Waals surface area (Å²) in [5.74, 6) is 0.507. The number of thiophene rings is 1. The lowest BCUT2D eigenvalue weighted by Gasteiger charge is -2.25. The van der Waals surface area contributed by atoms with Crippen LogP contribution < -0.4 is 5.32 Å². The van der Waals surface area contributed by atoms with Crippen LogP contribution in [0.2, 0.25) is 4.34 Å². The van der Waals surface area contributed by atoms with Gasteiger partial charge in [-0.05, 0) is 31.4 Å². The fraction of sp³-hybridized carbons (Fsp3) is 0.667. The Kier molecular flexibility index (Phi) is 5.25. The van der Waals surface area contributed by atoms with E-state index in [0.717, 1.165) is 17.3 Å². The van der Waals surface area contributed by atoms with Gasteiger partial charge in [0.25, 0.3) is 0 Å². The molecular formula is C12H20ClNOS. The van der Waals surface area contributed by atoms with E-state index >= 15 is 0 Å². The van der Waals surface area contributed by atoms with Crippen LogP contribution in [0.3, 0.4) is 0 Å². The zero-order chi connectivity index (χ0) is 12.2. The summed E-state index contributed by atoms with van der Waals surface area (Å²) in [5.41, 5.74) is -0.630. The van der Waals surface area contributed by atoms with Crippen LogP contribution in [0, 0.1) is 5.92 Å². The van der Waals surface area contributed by atoms with E-state index in [2.05, 4.69) is 19.2 Å². The summed E-state index contributed by atoms with van der Waals surface area (Å²) in [6, 6.07) is 3.91. The molecule has 1 aromatic rings. The van der Waals surface area contributed by atoms with Crippen LogP contribution in [0.15, 0.2) is 12.1 Å². The van der Waals surface area contributed by atoms with Gasteiger partial charge in [0.2, 0.25) is 0 Å². The minimum Gasteiger partial charge on any atom is -0.389 e.